The van der Waals surface area contributed by atoms with Crippen LogP contribution in [-0.2, 0) is 15.3 Å². The predicted molar refractivity (Wildman–Crippen MR) is 66.3 cm³/mol. The molecule has 1 saturated heterocycles. The van der Waals surface area contributed by atoms with E-state index in [0.29, 0.717) is 13.2 Å². The van der Waals surface area contributed by atoms with Crippen LogP contribution in [0.2, 0.25) is 0 Å². The lowest BCUT2D eigenvalue weighted by Gasteiger charge is -2.39. The van der Waals surface area contributed by atoms with Gasteiger partial charge in [-0.25, -0.2) is 0 Å². The molecule has 2 rings (SSSR count). The number of hydrogen-bond acceptors (Lipinski definition) is 2. The maximum Gasteiger partial charge on any atom is 0.192 e. The first-order chi connectivity index (χ1) is 7.02. The molecule has 0 N–H and O–H groups in total. The molecular weight excluding hydrogens is 324 g/mol. The maximum absolute atomic E-state index is 5.75. The quantitative estimate of drug-likeness (QED) is 0.732. The van der Waals surface area contributed by atoms with Crippen molar-refractivity contribution >= 4 is 31.9 Å². The molecule has 0 spiro atoms. The van der Waals surface area contributed by atoms with Crippen molar-refractivity contribution in [2.45, 2.75) is 15.9 Å². The van der Waals surface area contributed by atoms with E-state index in [-0.39, 0.29) is 3.23 Å². The van der Waals surface area contributed by atoms with Gasteiger partial charge >= 0.3 is 0 Å². The SMILES string of the molecule is CC1(c2ccccc2)OCC(Br)(Br)CO1. The average molecular weight is 336 g/mol. The molecule has 0 aliphatic carbocycles. The third-order valence-corrected chi connectivity index (χ3v) is 3.33. The Morgan fingerprint density at radius 1 is 1.07 bits per heavy atom. The molecule has 1 aliphatic heterocycles. The highest BCUT2D eigenvalue weighted by atomic mass is 79.9. The molecule has 1 aliphatic rings. The van der Waals surface area contributed by atoms with E-state index >= 15 is 0 Å². The van der Waals surface area contributed by atoms with E-state index in [9.17, 15) is 0 Å². The zero-order chi connectivity index (χ0) is 10.9. The molecule has 0 aromatic heterocycles. The first kappa shape index (κ1) is 11.6. The zero-order valence-corrected chi connectivity index (χ0v) is 11.5. The molecule has 0 amide bonds. The van der Waals surface area contributed by atoms with Crippen LogP contribution in [0.5, 0.6) is 0 Å². The summed E-state index contributed by atoms with van der Waals surface area (Å²) in [5.74, 6) is -0.633. The van der Waals surface area contributed by atoms with Crippen LogP contribution in [0.3, 0.4) is 0 Å². The van der Waals surface area contributed by atoms with E-state index in [4.69, 9.17) is 9.47 Å². The smallest absolute Gasteiger partial charge is 0.192 e. The van der Waals surface area contributed by atoms with Gasteiger partial charge in [-0.05, 0) is 6.92 Å². The molecule has 2 nitrogen and oxygen atoms in total. The Bertz CT molecular complexity index is 328. The Morgan fingerprint density at radius 2 is 1.60 bits per heavy atom. The van der Waals surface area contributed by atoms with Gasteiger partial charge in [-0.15, -0.1) is 0 Å². The highest BCUT2D eigenvalue weighted by molar-refractivity contribution is 9.25. The van der Waals surface area contributed by atoms with Crippen LogP contribution in [0.15, 0.2) is 30.3 Å². The monoisotopic (exact) mass is 334 g/mol. The van der Waals surface area contributed by atoms with Crippen molar-refractivity contribution in [2.75, 3.05) is 13.2 Å². The van der Waals surface area contributed by atoms with Crippen LogP contribution in [0.4, 0.5) is 0 Å². The summed E-state index contributed by atoms with van der Waals surface area (Å²) in [6.07, 6.45) is 0. The second-order valence-corrected chi connectivity index (χ2v) is 7.85. The Kier molecular flexibility index (Phi) is 3.22. The van der Waals surface area contributed by atoms with Crippen molar-refractivity contribution in [1.82, 2.24) is 0 Å². The number of rotatable bonds is 1. The van der Waals surface area contributed by atoms with Crippen molar-refractivity contribution in [3.05, 3.63) is 35.9 Å². The van der Waals surface area contributed by atoms with Gasteiger partial charge in [-0.1, -0.05) is 62.2 Å². The minimum absolute atomic E-state index is 0.256. The van der Waals surface area contributed by atoms with Crippen LogP contribution in [0, 0.1) is 0 Å². The van der Waals surface area contributed by atoms with Crippen molar-refractivity contribution in [2.24, 2.45) is 0 Å². The number of halogens is 2. The molecule has 82 valence electrons. The van der Waals surface area contributed by atoms with Crippen molar-refractivity contribution in [3.8, 4) is 0 Å². The minimum atomic E-state index is -0.633. The summed E-state index contributed by atoms with van der Waals surface area (Å²) >= 11 is 6.97. The Hall–Kier alpha value is 0.1000. The summed E-state index contributed by atoms with van der Waals surface area (Å²) < 4.78 is 11.2. The lowest BCUT2D eigenvalue weighted by molar-refractivity contribution is -0.264. The van der Waals surface area contributed by atoms with E-state index in [1.165, 1.54) is 0 Å². The molecule has 15 heavy (non-hydrogen) atoms. The summed E-state index contributed by atoms with van der Waals surface area (Å²) in [6, 6.07) is 9.97. The minimum Gasteiger partial charge on any atom is -0.344 e. The fraction of sp³-hybridized carbons (Fsp3) is 0.455. The van der Waals surface area contributed by atoms with Gasteiger partial charge in [0.05, 0.1) is 13.2 Å². The maximum atomic E-state index is 5.75. The highest BCUT2D eigenvalue weighted by Crippen LogP contribution is 2.39. The third kappa shape index (κ3) is 2.61. The van der Waals surface area contributed by atoms with E-state index < -0.39 is 5.79 Å². The van der Waals surface area contributed by atoms with E-state index in [2.05, 4.69) is 31.9 Å². The first-order valence-corrected chi connectivity index (χ1v) is 6.32. The van der Waals surface area contributed by atoms with Gasteiger partial charge in [-0.3, -0.25) is 0 Å². The van der Waals surface area contributed by atoms with E-state index in [0.717, 1.165) is 5.56 Å². The Balaban J connectivity index is 2.17. The normalized spacial score (nSPS) is 23.7. The number of hydrogen-bond donors (Lipinski definition) is 0. The number of alkyl halides is 2. The standard InChI is InChI=1S/C11H12Br2O2/c1-10(9-5-3-2-4-6-9)14-7-11(12,13)8-15-10/h2-6H,7-8H2,1H3. The fourth-order valence-electron chi connectivity index (χ4n) is 1.48. The molecule has 4 heteroatoms. The lowest BCUT2D eigenvalue weighted by atomic mass is 10.1. The van der Waals surface area contributed by atoms with Crippen molar-refractivity contribution < 1.29 is 9.47 Å². The fourth-order valence-corrected chi connectivity index (χ4v) is 1.94. The molecule has 0 unspecified atom stereocenters. The van der Waals surface area contributed by atoms with Gasteiger partial charge < -0.3 is 9.47 Å². The van der Waals surface area contributed by atoms with Gasteiger partial charge in [-0.2, -0.15) is 0 Å². The van der Waals surface area contributed by atoms with Gasteiger partial charge in [0, 0.05) is 5.56 Å². The largest absolute Gasteiger partial charge is 0.344 e. The molecular formula is C11H12Br2O2. The van der Waals surface area contributed by atoms with Crippen LogP contribution < -0.4 is 0 Å². The molecule has 0 saturated carbocycles. The molecule has 1 heterocycles. The topological polar surface area (TPSA) is 18.5 Å². The molecule has 1 aromatic rings. The van der Waals surface area contributed by atoms with Gasteiger partial charge in [0.25, 0.3) is 0 Å². The number of benzene rings is 1. The average Bonchev–Trinajstić information content (AvgIpc) is 2.24. The van der Waals surface area contributed by atoms with Crippen LogP contribution >= 0.6 is 31.9 Å². The first-order valence-electron chi connectivity index (χ1n) is 4.73. The van der Waals surface area contributed by atoms with E-state index in [1.807, 2.05) is 37.3 Å². The summed E-state index contributed by atoms with van der Waals surface area (Å²) in [7, 11) is 0. The Labute approximate surface area is 106 Å². The molecule has 0 radical (unpaired) electrons. The summed E-state index contributed by atoms with van der Waals surface area (Å²) in [5, 5.41) is 0. The summed E-state index contributed by atoms with van der Waals surface area (Å²) in [4.78, 5) is 0. The molecule has 0 bridgehead atoms. The van der Waals surface area contributed by atoms with Crippen LogP contribution in [-0.4, -0.2) is 16.4 Å². The van der Waals surface area contributed by atoms with Crippen LogP contribution in [0.25, 0.3) is 0 Å². The van der Waals surface area contributed by atoms with Crippen molar-refractivity contribution in [1.29, 1.82) is 0 Å². The lowest BCUT2D eigenvalue weighted by Crippen LogP contribution is -2.44. The molecule has 1 fully saturated rings. The zero-order valence-electron chi connectivity index (χ0n) is 8.37. The van der Waals surface area contributed by atoms with Gasteiger partial charge in [0.15, 0.2) is 5.79 Å². The molecule has 1 aromatic carbocycles. The summed E-state index contributed by atoms with van der Waals surface area (Å²) in [5.41, 5.74) is 1.04. The van der Waals surface area contributed by atoms with Gasteiger partial charge in [0.2, 0.25) is 0 Å². The molecule has 0 atom stereocenters. The van der Waals surface area contributed by atoms with Crippen LogP contribution in [0.1, 0.15) is 12.5 Å². The van der Waals surface area contributed by atoms with Crippen molar-refractivity contribution in [3.63, 3.8) is 0 Å². The summed E-state index contributed by atoms with van der Waals surface area (Å²) in [6.45, 7) is 3.08. The number of ether oxygens (including phenoxy) is 2. The predicted octanol–water partition coefficient (Wildman–Crippen LogP) is 3.39. The van der Waals surface area contributed by atoms with E-state index in [1.54, 1.807) is 0 Å². The third-order valence-electron chi connectivity index (χ3n) is 2.42. The van der Waals surface area contributed by atoms with Gasteiger partial charge in [0.1, 0.15) is 3.23 Å². The highest BCUT2D eigenvalue weighted by Gasteiger charge is 2.40. The second kappa shape index (κ2) is 4.17. The second-order valence-electron chi connectivity index (χ2n) is 3.75. The Morgan fingerprint density at radius 3 is 2.13 bits per heavy atom.